The lowest BCUT2D eigenvalue weighted by Gasteiger charge is -2.32. The van der Waals surface area contributed by atoms with Gasteiger partial charge in [-0.25, -0.2) is 14.6 Å². The number of fused-ring (bicyclic) bond motifs is 1. The second kappa shape index (κ2) is 10.9. The first-order valence-corrected chi connectivity index (χ1v) is 11.6. The number of carboxylic acids is 1. The van der Waals surface area contributed by atoms with Gasteiger partial charge in [-0.2, -0.15) is 0 Å². The first-order chi connectivity index (χ1) is 17.0. The molecule has 0 radical (unpaired) electrons. The minimum atomic E-state index is -0.945. The van der Waals surface area contributed by atoms with Crippen LogP contribution in [0.25, 0.3) is 16.6 Å². The number of allylic oxidation sites excluding steroid dienone is 3. The molecule has 0 aromatic carbocycles. The lowest BCUT2D eigenvalue weighted by molar-refractivity contribution is -0.136. The maximum atomic E-state index is 11.0. The molecular formula is C25H29N7O3. The summed E-state index contributed by atoms with van der Waals surface area (Å²) in [5, 5.41) is 17.8. The summed E-state index contributed by atoms with van der Waals surface area (Å²) in [6, 6.07) is 2.03. The van der Waals surface area contributed by atoms with E-state index in [2.05, 4.69) is 43.7 Å². The number of hydrogen-bond acceptors (Lipinski definition) is 8. The lowest BCUT2D eigenvalue weighted by Crippen LogP contribution is -2.36. The van der Waals surface area contributed by atoms with Crippen LogP contribution in [0.15, 0.2) is 55.2 Å². The van der Waals surface area contributed by atoms with Gasteiger partial charge in [0.15, 0.2) is 0 Å². The normalized spacial score (nSPS) is 15.4. The molecule has 182 valence electrons. The van der Waals surface area contributed by atoms with Crippen LogP contribution < -0.4 is 4.90 Å². The number of aliphatic carboxylic acids is 1. The maximum Gasteiger partial charge on any atom is 0.307 e. The fourth-order valence-corrected chi connectivity index (χ4v) is 4.15. The molecule has 10 nitrogen and oxygen atoms in total. The third-order valence-corrected chi connectivity index (χ3v) is 6.06. The Morgan fingerprint density at radius 2 is 1.97 bits per heavy atom. The Morgan fingerprint density at radius 1 is 1.23 bits per heavy atom. The monoisotopic (exact) mass is 475 g/mol. The Labute approximate surface area is 203 Å². The number of aryl methyl sites for hydroxylation is 1. The van der Waals surface area contributed by atoms with Gasteiger partial charge in [-0.1, -0.05) is 24.8 Å². The van der Waals surface area contributed by atoms with Crippen LogP contribution in [0.3, 0.4) is 0 Å². The Morgan fingerprint density at radius 3 is 2.60 bits per heavy atom. The zero-order chi connectivity index (χ0) is 24.8. The van der Waals surface area contributed by atoms with Crippen molar-refractivity contribution in [3.63, 3.8) is 0 Å². The molecule has 35 heavy (non-hydrogen) atoms. The van der Waals surface area contributed by atoms with Gasteiger partial charge in [0.1, 0.15) is 16.8 Å². The molecule has 3 aromatic rings. The highest BCUT2D eigenvalue weighted by atomic mass is 16.5. The molecule has 0 bridgehead atoms. The van der Waals surface area contributed by atoms with E-state index < -0.39 is 5.97 Å². The highest BCUT2D eigenvalue weighted by Gasteiger charge is 2.25. The fraction of sp³-hybridized carbons (Fsp3) is 0.360. The van der Waals surface area contributed by atoms with Gasteiger partial charge < -0.3 is 14.7 Å². The molecule has 1 fully saturated rings. The van der Waals surface area contributed by atoms with E-state index in [1.807, 2.05) is 23.1 Å². The Hall–Kier alpha value is -4.08. The molecule has 1 N–H and O–H groups in total. The van der Waals surface area contributed by atoms with Crippen molar-refractivity contribution in [2.75, 3.05) is 25.1 Å². The molecule has 0 saturated carbocycles. The van der Waals surface area contributed by atoms with Crippen LogP contribution in [0.2, 0.25) is 0 Å². The van der Waals surface area contributed by atoms with Crippen molar-refractivity contribution in [1.82, 2.24) is 29.9 Å². The molecule has 0 amide bonds. The summed E-state index contributed by atoms with van der Waals surface area (Å²) >= 11 is 0. The average molecular weight is 476 g/mol. The molecule has 3 aromatic heterocycles. The second-order valence-electron chi connectivity index (χ2n) is 8.24. The van der Waals surface area contributed by atoms with Crippen molar-refractivity contribution in [3.05, 3.63) is 66.5 Å². The quantitative estimate of drug-likeness (QED) is 0.366. The van der Waals surface area contributed by atoms with Crippen molar-refractivity contribution in [3.8, 4) is 0 Å². The molecule has 10 heteroatoms. The number of methoxy groups -OCH3 is 1. The van der Waals surface area contributed by atoms with Gasteiger partial charge >= 0.3 is 5.97 Å². The summed E-state index contributed by atoms with van der Waals surface area (Å²) in [4.78, 5) is 26.8. The van der Waals surface area contributed by atoms with E-state index >= 15 is 0 Å². The number of nitrogens with zero attached hydrogens (tertiary/aromatic N) is 7. The summed E-state index contributed by atoms with van der Waals surface area (Å²) in [7, 11) is 1.50. The second-order valence-corrected chi connectivity index (χ2v) is 8.24. The number of pyridine rings is 1. The van der Waals surface area contributed by atoms with Crippen LogP contribution in [0.5, 0.6) is 0 Å². The van der Waals surface area contributed by atoms with E-state index in [-0.39, 0.29) is 12.5 Å². The largest absolute Gasteiger partial charge is 0.496 e. The third kappa shape index (κ3) is 5.37. The number of rotatable bonds is 9. The predicted octanol–water partition coefficient (Wildman–Crippen LogP) is 3.59. The van der Waals surface area contributed by atoms with E-state index in [0.29, 0.717) is 22.5 Å². The summed E-state index contributed by atoms with van der Waals surface area (Å²) < 4.78 is 7.37. The number of carboxylic acid groups (broad SMARTS) is 1. The zero-order valence-electron chi connectivity index (χ0n) is 20.0. The molecule has 4 heterocycles. The highest BCUT2D eigenvalue weighted by Crippen LogP contribution is 2.29. The average Bonchev–Trinajstić information content (AvgIpc) is 3.31. The number of aromatic nitrogens is 6. The Balaban J connectivity index is 1.52. The Kier molecular flexibility index (Phi) is 7.49. The molecule has 1 aliphatic rings. The van der Waals surface area contributed by atoms with Crippen LogP contribution in [0, 0.1) is 0 Å². The van der Waals surface area contributed by atoms with Crippen LogP contribution in [-0.2, 0) is 16.0 Å². The summed E-state index contributed by atoms with van der Waals surface area (Å²) in [5.74, 6) is 0.231. The fourth-order valence-electron chi connectivity index (χ4n) is 4.15. The zero-order valence-corrected chi connectivity index (χ0v) is 20.0. The van der Waals surface area contributed by atoms with Gasteiger partial charge in [0, 0.05) is 31.1 Å². The van der Waals surface area contributed by atoms with Gasteiger partial charge in [-0.3, -0.25) is 9.78 Å². The maximum absolute atomic E-state index is 11.0. The predicted molar refractivity (Wildman–Crippen MR) is 133 cm³/mol. The molecule has 0 atom stereocenters. The van der Waals surface area contributed by atoms with Crippen molar-refractivity contribution < 1.29 is 14.6 Å². The number of hydrogen-bond donors (Lipinski definition) is 1. The van der Waals surface area contributed by atoms with Gasteiger partial charge in [-0.05, 0) is 43.0 Å². The first-order valence-electron chi connectivity index (χ1n) is 11.6. The number of anilines is 1. The van der Waals surface area contributed by atoms with Crippen molar-refractivity contribution in [1.29, 1.82) is 0 Å². The van der Waals surface area contributed by atoms with Gasteiger partial charge in [0.2, 0.25) is 5.95 Å². The van der Waals surface area contributed by atoms with Crippen molar-refractivity contribution in [2.24, 2.45) is 0 Å². The number of ether oxygens (including phenoxy) is 1. The van der Waals surface area contributed by atoms with Crippen LogP contribution >= 0.6 is 0 Å². The highest BCUT2D eigenvalue weighted by molar-refractivity contribution is 5.83. The molecule has 1 aliphatic heterocycles. The van der Waals surface area contributed by atoms with Crippen LogP contribution in [0.4, 0.5) is 5.95 Å². The number of piperidine rings is 1. The van der Waals surface area contributed by atoms with Crippen molar-refractivity contribution in [2.45, 2.75) is 38.6 Å². The lowest BCUT2D eigenvalue weighted by atomic mass is 10.0. The first kappa shape index (κ1) is 24.1. The summed E-state index contributed by atoms with van der Waals surface area (Å²) in [6.07, 6.45) is 12.9. The molecule has 0 spiro atoms. The molecule has 4 rings (SSSR count). The smallest absolute Gasteiger partial charge is 0.307 e. The molecule has 1 saturated heterocycles. The molecule has 0 unspecified atom stereocenters. The van der Waals surface area contributed by atoms with E-state index in [4.69, 9.17) is 9.84 Å². The van der Waals surface area contributed by atoms with Gasteiger partial charge in [-0.15, -0.1) is 5.10 Å². The Bertz CT molecular complexity index is 1260. The summed E-state index contributed by atoms with van der Waals surface area (Å²) in [5.41, 5.74) is 3.92. The van der Waals surface area contributed by atoms with E-state index in [1.54, 1.807) is 18.3 Å². The molecular weight excluding hydrogens is 446 g/mol. The van der Waals surface area contributed by atoms with E-state index in [1.165, 1.54) is 13.2 Å². The third-order valence-electron chi connectivity index (χ3n) is 6.06. The minimum Gasteiger partial charge on any atom is -0.496 e. The van der Waals surface area contributed by atoms with Crippen LogP contribution in [0.1, 0.15) is 43.5 Å². The standard InChI is InChI=1S/C25H29N7O3/c1-4-6-19(23(35-3)7-8-24(33)34)20-13-21-22(16-26-20)32(30-29-21)18-9-11-31(12-10-18)25-27-14-17(5-2)15-28-25/h4,6-7,13-16,18H,1,5,8-12H2,2-3H3,(H,33,34)/b19-6-,23-7+. The van der Waals surface area contributed by atoms with Gasteiger partial charge in [0.05, 0.1) is 31.5 Å². The van der Waals surface area contributed by atoms with E-state index in [9.17, 15) is 4.79 Å². The topological polar surface area (TPSA) is 119 Å². The van der Waals surface area contributed by atoms with Gasteiger partial charge in [0.25, 0.3) is 0 Å². The van der Waals surface area contributed by atoms with Crippen LogP contribution in [-0.4, -0.2) is 61.2 Å². The molecule has 0 aliphatic carbocycles. The minimum absolute atomic E-state index is 0.164. The SMILES string of the molecule is C=C/C=C(\C(=C/CC(=O)O)OC)c1cc2nnn(C3CCN(c4ncc(CC)cn4)CC3)c2cn1. The number of carbonyl (C=O) groups is 1. The van der Waals surface area contributed by atoms with E-state index in [0.717, 1.165) is 49.4 Å². The van der Waals surface area contributed by atoms with Crippen molar-refractivity contribution >= 4 is 28.5 Å². The summed E-state index contributed by atoms with van der Waals surface area (Å²) in [6.45, 7) is 7.51.